The molecular weight excluding hydrogens is 493 g/mol. The summed E-state index contributed by atoms with van der Waals surface area (Å²) >= 11 is 5.19. The van der Waals surface area contributed by atoms with Gasteiger partial charge in [0.2, 0.25) is 0 Å². The Hall–Kier alpha value is -4.89. The van der Waals surface area contributed by atoms with Crippen LogP contribution in [0, 0.1) is 5.82 Å². The molecule has 0 saturated heterocycles. The Balaban J connectivity index is 1.51. The van der Waals surface area contributed by atoms with E-state index in [1.54, 1.807) is 72.8 Å². The van der Waals surface area contributed by atoms with Gasteiger partial charge < -0.3 is 14.8 Å². The van der Waals surface area contributed by atoms with Gasteiger partial charge in [-0.1, -0.05) is 36.4 Å². The number of nitrogens with zero attached hydrogens (tertiary/aromatic N) is 1. The molecule has 0 bridgehead atoms. The molecule has 37 heavy (non-hydrogen) atoms. The van der Waals surface area contributed by atoms with Gasteiger partial charge in [-0.05, 0) is 72.9 Å². The molecule has 0 aliphatic heterocycles. The van der Waals surface area contributed by atoms with Gasteiger partial charge in [-0.25, -0.2) is 14.0 Å². The Morgan fingerprint density at radius 1 is 0.784 bits per heavy atom. The van der Waals surface area contributed by atoms with E-state index in [0.717, 1.165) is 0 Å². The van der Waals surface area contributed by atoms with Crippen LogP contribution in [0.5, 0.6) is 11.5 Å². The van der Waals surface area contributed by atoms with Crippen molar-refractivity contribution in [3.8, 4) is 11.5 Å². The first-order chi connectivity index (χ1) is 18.0. The number of benzene rings is 4. The second-order valence-electron chi connectivity index (χ2n) is 7.54. The number of ether oxygens (including phenoxy) is 2. The molecule has 2 N–H and O–H groups in total. The van der Waals surface area contributed by atoms with E-state index < -0.39 is 11.9 Å². The quantitative estimate of drug-likeness (QED) is 0.110. The summed E-state index contributed by atoms with van der Waals surface area (Å²) in [5.41, 5.74) is 4.37. The van der Waals surface area contributed by atoms with E-state index in [0.29, 0.717) is 22.4 Å². The fourth-order valence-corrected chi connectivity index (χ4v) is 3.27. The fraction of sp³-hybridized carbons (Fsp3) is 0. The normalized spacial score (nSPS) is 10.5. The number of carbonyl (C=O) groups is 2. The maximum Gasteiger partial charge on any atom is 0.343 e. The number of hydrazone groups is 1. The number of hydrogen-bond acceptors (Lipinski definition) is 6. The van der Waals surface area contributed by atoms with Crippen LogP contribution in [0.2, 0.25) is 0 Å². The van der Waals surface area contributed by atoms with E-state index in [4.69, 9.17) is 21.7 Å². The van der Waals surface area contributed by atoms with E-state index in [1.165, 1.54) is 36.5 Å². The van der Waals surface area contributed by atoms with Crippen molar-refractivity contribution >= 4 is 41.2 Å². The van der Waals surface area contributed by atoms with Crippen LogP contribution in [0.1, 0.15) is 26.3 Å². The van der Waals surface area contributed by atoms with Crippen LogP contribution < -0.4 is 20.2 Å². The van der Waals surface area contributed by atoms with Crippen molar-refractivity contribution in [2.24, 2.45) is 5.10 Å². The molecule has 0 aliphatic rings. The Bertz CT molecular complexity index is 1430. The molecule has 0 unspecified atom stereocenters. The third-order valence-electron chi connectivity index (χ3n) is 4.89. The molecule has 0 aromatic heterocycles. The van der Waals surface area contributed by atoms with Crippen LogP contribution >= 0.6 is 12.2 Å². The number of thiocarbonyl (C=S) groups is 1. The Morgan fingerprint density at radius 2 is 1.38 bits per heavy atom. The van der Waals surface area contributed by atoms with Crippen molar-refractivity contribution in [2.45, 2.75) is 0 Å². The van der Waals surface area contributed by atoms with E-state index in [2.05, 4.69) is 15.8 Å². The lowest BCUT2D eigenvalue weighted by Gasteiger charge is -2.11. The van der Waals surface area contributed by atoms with Crippen molar-refractivity contribution < 1.29 is 23.5 Å². The molecule has 9 heteroatoms. The highest BCUT2D eigenvalue weighted by Crippen LogP contribution is 2.26. The lowest BCUT2D eigenvalue weighted by atomic mass is 10.2. The molecular formula is C28H20FN3O4S. The Kier molecular flexibility index (Phi) is 8.30. The molecule has 0 aliphatic carbocycles. The summed E-state index contributed by atoms with van der Waals surface area (Å²) in [5.74, 6) is -1.21. The second kappa shape index (κ2) is 12.2. The van der Waals surface area contributed by atoms with Crippen molar-refractivity contribution in [3.63, 3.8) is 0 Å². The number of anilines is 1. The highest BCUT2D eigenvalue weighted by atomic mass is 32.1. The molecule has 4 rings (SSSR count). The van der Waals surface area contributed by atoms with Crippen LogP contribution in [0.4, 0.5) is 10.1 Å². The highest BCUT2D eigenvalue weighted by Gasteiger charge is 2.14. The first-order valence-electron chi connectivity index (χ1n) is 11.0. The number of rotatable bonds is 7. The number of nitrogens with one attached hydrogen (secondary N) is 2. The van der Waals surface area contributed by atoms with Gasteiger partial charge in [-0.15, -0.1) is 0 Å². The van der Waals surface area contributed by atoms with Crippen LogP contribution in [0.3, 0.4) is 0 Å². The Morgan fingerprint density at radius 3 is 2.00 bits per heavy atom. The van der Waals surface area contributed by atoms with Gasteiger partial charge in [0.1, 0.15) is 17.3 Å². The van der Waals surface area contributed by atoms with Gasteiger partial charge in [-0.3, -0.25) is 5.43 Å². The number of halogens is 1. The van der Waals surface area contributed by atoms with E-state index >= 15 is 0 Å². The minimum atomic E-state index is -0.594. The number of carbonyl (C=O) groups excluding carboxylic acids is 2. The summed E-state index contributed by atoms with van der Waals surface area (Å²) in [6, 6.07) is 27.2. The zero-order chi connectivity index (χ0) is 26.0. The minimum absolute atomic E-state index is 0.121. The lowest BCUT2D eigenvalue weighted by molar-refractivity contribution is 0.0732. The first-order valence-corrected chi connectivity index (χ1v) is 11.4. The van der Waals surface area contributed by atoms with Gasteiger partial charge in [-0.2, -0.15) is 5.10 Å². The molecule has 4 aromatic carbocycles. The first kappa shape index (κ1) is 25.2. The van der Waals surface area contributed by atoms with Gasteiger partial charge in [0.15, 0.2) is 5.11 Å². The zero-order valence-electron chi connectivity index (χ0n) is 19.3. The summed E-state index contributed by atoms with van der Waals surface area (Å²) in [6.07, 6.45) is 1.40. The van der Waals surface area contributed by atoms with Gasteiger partial charge in [0.05, 0.1) is 17.3 Å². The summed E-state index contributed by atoms with van der Waals surface area (Å²) in [7, 11) is 0. The molecule has 0 amide bonds. The third kappa shape index (κ3) is 7.30. The van der Waals surface area contributed by atoms with Crippen molar-refractivity contribution in [2.75, 3.05) is 5.32 Å². The number of esters is 2. The van der Waals surface area contributed by atoms with Crippen molar-refractivity contribution in [3.05, 3.63) is 126 Å². The summed E-state index contributed by atoms with van der Waals surface area (Å²) in [5, 5.41) is 7.12. The molecule has 0 saturated carbocycles. The summed E-state index contributed by atoms with van der Waals surface area (Å²) in [6.45, 7) is 0. The standard InChI is InChI=1S/C28H20FN3O4S/c29-22-12-14-23(15-13-22)31-28(37)32-30-18-21-11-16-24(35-26(33)19-7-3-1-4-8-19)17-25(21)36-27(34)20-9-5-2-6-10-20/h1-18H,(H2,31,32,37)/b30-18+. The predicted octanol–water partition coefficient (Wildman–Crippen LogP) is 5.58. The Labute approximate surface area is 217 Å². The molecule has 0 spiro atoms. The predicted molar refractivity (Wildman–Crippen MR) is 143 cm³/mol. The maximum absolute atomic E-state index is 13.1. The van der Waals surface area contributed by atoms with Crippen molar-refractivity contribution in [1.82, 2.24) is 5.43 Å². The molecule has 4 aromatic rings. The van der Waals surface area contributed by atoms with Gasteiger partial charge in [0.25, 0.3) is 0 Å². The smallest absolute Gasteiger partial charge is 0.343 e. The highest BCUT2D eigenvalue weighted by molar-refractivity contribution is 7.80. The molecule has 7 nitrogen and oxygen atoms in total. The largest absolute Gasteiger partial charge is 0.423 e. The maximum atomic E-state index is 13.1. The van der Waals surface area contributed by atoms with E-state index in [1.807, 2.05) is 0 Å². The monoisotopic (exact) mass is 513 g/mol. The fourth-order valence-electron chi connectivity index (χ4n) is 3.10. The van der Waals surface area contributed by atoms with Gasteiger partial charge in [0, 0.05) is 17.3 Å². The molecule has 0 radical (unpaired) electrons. The topological polar surface area (TPSA) is 89.0 Å². The molecule has 0 heterocycles. The van der Waals surface area contributed by atoms with Crippen LogP contribution in [-0.2, 0) is 0 Å². The zero-order valence-corrected chi connectivity index (χ0v) is 20.1. The van der Waals surface area contributed by atoms with Crippen molar-refractivity contribution in [1.29, 1.82) is 0 Å². The summed E-state index contributed by atoms with van der Waals surface area (Å²) < 4.78 is 24.1. The lowest BCUT2D eigenvalue weighted by Crippen LogP contribution is -2.23. The molecule has 0 atom stereocenters. The third-order valence-corrected chi connectivity index (χ3v) is 5.08. The average molecular weight is 514 g/mol. The van der Waals surface area contributed by atoms with E-state index in [9.17, 15) is 14.0 Å². The van der Waals surface area contributed by atoms with Crippen LogP contribution in [0.15, 0.2) is 108 Å². The average Bonchev–Trinajstić information content (AvgIpc) is 2.92. The number of hydrogen-bond donors (Lipinski definition) is 2. The van der Waals surface area contributed by atoms with Gasteiger partial charge >= 0.3 is 11.9 Å². The SMILES string of the molecule is O=C(Oc1ccc(/C=N/NC(=S)Nc2ccc(F)cc2)c(OC(=O)c2ccccc2)c1)c1ccccc1. The summed E-state index contributed by atoms with van der Waals surface area (Å²) in [4.78, 5) is 25.1. The van der Waals surface area contributed by atoms with E-state index in [-0.39, 0.29) is 22.4 Å². The van der Waals surface area contributed by atoms with Crippen LogP contribution in [0.25, 0.3) is 0 Å². The van der Waals surface area contributed by atoms with Crippen LogP contribution in [-0.4, -0.2) is 23.3 Å². The molecule has 0 fully saturated rings. The minimum Gasteiger partial charge on any atom is -0.423 e. The second-order valence-corrected chi connectivity index (χ2v) is 7.95. The molecule has 184 valence electrons.